The van der Waals surface area contributed by atoms with E-state index in [4.69, 9.17) is 4.74 Å². The molecule has 0 amide bonds. The first-order valence-electron chi connectivity index (χ1n) is 6.17. The van der Waals surface area contributed by atoms with Gasteiger partial charge in [0.05, 0.1) is 21.1 Å². The molecular weight excluding hydrogens is 446 g/mol. The second-order valence-electron chi connectivity index (χ2n) is 4.48. The molecule has 0 saturated carbocycles. The molecule has 0 heterocycles. The molecule has 2 aromatic rings. The van der Waals surface area contributed by atoms with Crippen molar-refractivity contribution in [3.8, 4) is 5.75 Å². The van der Waals surface area contributed by atoms with Gasteiger partial charge >= 0.3 is 6.18 Å². The third-order valence-corrected chi connectivity index (χ3v) is 5.12. The van der Waals surface area contributed by atoms with Crippen molar-refractivity contribution in [3.63, 3.8) is 0 Å². The first-order chi connectivity index (χ1) is 10.6. The van der Waals surface area contributed by atoms with E-state index in [0.29, 0.717) is 9.32 Å². The molecule has 0 aliphatic heterocycles. The summed E-state index contributed by atoms with van der Waals surface area (Å²) in [6, 6.07) is 8.03. The predicted octanol–water partition coefficient (Wildman–Crippen LogP) is 4.12. The Morgan fingerprint density at radius 1 is 1.09 bits per heavy atom. The summed E-state index contributed by atoms with van der Waals surface area (Å²) in [5.74, 6) is 0.527. The Bertz CT molecular complexity index is 805. The summed E-state index contributed by atoms with van der Waals surface area (Å²) < 4.78 is 69.9. The Labute approximate surface area is 144 Å². The van der Waals surface area contributed by atoms with Crippen molar-refractivity contribution in [2.45, 2.75) is 11.1 Å². The first kappa shape index (κ1) is 17.9. The number of anilines is 1. The quantitative estimate of drug-likeness (QED) is 0.704. The van der Waals surface area contributed by atoms with Gasteiger partial charge < -0.3 is 4.74 Å². The van der Waals surface area contributed by atoms with Crippen LogP contribution in [0.3, 0.4) is 0 Å². The lowest BCUT2D eigenvalue weighted by molar-refractivity contribution is -0.137. The minimum atomic E-state index is -4.47. The van der Waals surface area contributed by atoms with Crippen LogP contribution < -0.4 is 9.46 Å². The molecule has 23 heavy (non-hydrogen) atoms. The molecule has 0 bridgehead atoms. The molecule has 0 unspecified atom stereocenters. The highest BCUT2D eigenvalue weighted by molar-refractivity contribution is 14.1. The van der Waals surface area contributed by atoms with Crippen LogP contribution in [-0.2, 0) is 16.2 Å². The number of sulfonamides is 1. The number of nitrogens with one attached hydrogen (secondary N) is 1. The Hall–Kier alpha value is -1.49. The normalized spacial score (nSPS) is 12.0. The Morgan fingerprint density at radius 2 is 1.70 bits per heavy atom. The zero-order chi connectivity index (χ0) is 17.3. The number of hydrogen-bond acceptors (Lipinski definition) is 3. The van der Waals surface area contributed by atoms with Gasteiger partial charge in [-0.05, 0) is 65.1 Å². The molecule has 0 saturated heterocycles. The molecule has 0 radical (unpaired) electrons. The van der Waals surface area contributed by atoms with E-state index in [1.54, 1.807) is 0 Å². The zero-order valence-corrected chi connectivity index (χ0v) is 14.7. The minimum Gasteiger partial charge on any atom is -0.496 e. The molecule has 0 aromatic heterocycles. The van der Waals surface area contributed by atoms with Gasteiger partial charge in [0.1, 0.15) is 5.75 Å². The van der Waals surface area contributed by atoms with E-state index in [-0.39, 0.29) is 10.6 Å². The van der Waals surface area contributed by atoms with Crippen molar-refractivity contribution in [2.75, 3.05) is 11.8 Å². The van der Waals surface area contributed by atoms with E-state index >= 15 is 0 Å². The maximum Gasteiger partial charge on any atom is 0.416 e. The van der Waals surface area contributed by atoms with Gasteiger partial charge in [-0.25, -0.2) is 8.42 Å². The smallest absolute Gasteiger partial charge is 0.416 e. The average molecular weight is 457 g/mol. The molecule has 4 nitrogen and oxygen atoms in total. The SMILES string of the molecule is COc1ccc(S(=O)(=O)Nc2ccc(C(F)(F)F)cc2)cc1I. The average Bonchev–Trinajstić information content (AvgIpc) is 2.46. The molecule has 124 valence electrons. The highest BCUT2D eigenvalue weighted by Gasteiger charge is 2.30. The maximum atomic E-state index is 12.5. The van der Waals surface area contributed by atoms with Crippen LogP contribution >= 0.6 is 22.6 Å². The summed E-state index contributed by atoms with van der Waals surface area (Å²) in [5.41, 5.74) is -0.803. The molecular formula is C14H11F3INO3S. The van der Waals surface area contributed by atoms with Gasteiger partial charge in [0.2, 0.25) is 0 Å². The molecule has 9 heteroatoms. The number of ether oxygens (including phenoxy) is 1. The van der Waals surface area contributed by atoms with Crippen LogP contribution in [-0.4, -0.2) is 15.5 Å². The van der Waals surface area contributed by atoms with E-state index in [2.05, 4.69) is 4.72 Å². The molecule has 1 N–H and O–H groups in total. The van der Waals surface area contributed by atoms with Crippen molar-refractivity contribution >= 4 is 38.3 Å². The van der Waals surface area contributed by atoms with Gasteiger partial charge in [0, 0.05) is 5.69 Å². The van der Waals surface area contributed by atoms with Crippen LogP contribution in [0.2, 0.25) is 0 Å². The Morgan fingerprint density at radius 3 is 2.17 bits per heavy atom. The first-order valence-corrected chi connectivity index (χ1v) is 8.73. The number of alkyl halides is 3. The second-order valence-corrected chi connectivity index (χ2v) is 7.32. The van der Waals surface area contributed by atoms with Gasteiger partial charge in [-0.2, -0.15) is 13.2 Å². The lowest BCUT2D eigenvalue weighted by Gasteiger charge is -2.11. The molecule has 0 fully saturated rings. The van der Waals surface area contributed by atoms with Crippen LogP contribution in [0, 0.1) is 3.57 Å². The van der Waals surface area contributed by atoms with E-state index in [9.17, 15) is 21.6 Å². The zero-order valence-electron chi connectivity index (χ0n) is 11.7. The van der Waals surface area contributed by atoms with Crippen molar-refractivity contribution < 1.29 is 26.3 Å². The van der Waals surface area contributed by atoms with Gasteiger partial charge in [-0.15, -0.1) is 0 Å². The van der Waals surface area contributed by atoms with Crippen LogP contribution in [0.5, 0.6) is 5.75 Å². The lowest BCUT2D eigenvalue weighted by Crippen LogP contribution is -2.13. The van der Waals surface area contributed by atoms with Gasteiger partial charge in [-0.1, -0.05) is 0 Å². The summed E-state index contributed by atoms with van der Waals surface area (Å²) in [6.07, 6.45) is -4.47. The van der Waals surface area contributed by atoms with Crippen LogP contribution in [0.15, 0.2) is 47.4 Å². The number of methoxy groups -OCH3 is 1. The fraction of sp³-hybridized carbons (Fsp3) is 0.143. The number of hydrogen-bond donors (Lipinski definition) is 1. The highest BCUT2D eigenvalue weighted by Crippen LogP contribution is 2.30. The van der Waals surface area contributed by atoms with Crippen molar-refractivity contribution in [2.24, 2.45) is 0 Å². The fourth-order valence-electron chi connectivity index (χ4n) is 1.76. The molecule has 0 spiro atoms. The summed E-state index contributed by atoms with van der Waals surface area (Å²) >= 11 is 1.93. The van der Waals surface area contributed by atoms with Crippen LogP contribution in [0.25, 0.3) is 0 Å². The second kappa shape index (κ2) is 6.56. The molecule has 0 atom stereocenters. The number of benzene rings is 2. The summed E-state index contributed by atoms with van der Waals surface area (Å²) in [4.78, 5) is -0.0115. The Balaban J connectivity index is 2.26. The summed E-state index contributed by atoms with van der Waals surface area (Å²) in [5, 5.41) is 0. The van der Waals surface area contributed by atoms with Crippen molar-refractivity contribution in [1.82, 2.24) is 0 Å². The third-order valence-electron chi connectivity index (χ3n) is 2.90. The van der Waals surface area contributed by atoms with Crippen LogP contribution in [0.1, 0.15) is 5.56 Å². The predicted molar refractivity (Wildman–Crippen MR) is 88.0 cm³/mol. The number of rotatable bonds is 4. The lowest BCUT2D eigenvalue weighted by atomic mass is 10.2. The largest absolute Gasteiger partial charge is 0.496 e. The monoisotopic (exact) mass is 457 g/mol. The van der Waals surface area contributed by atoms with Crippen LogP contribution in [0.4, 0.5) is 18.9 Å². The Kier molecular flexibility index (Phi) is 5.09. The summed E-state index contributed by atoms with van der Waals surface area (Å²) in [6.45, 7) is 0. The topological polar surface area (TPSA) is 55.4 Å². The van der Waals surface area contributed by atoms with E-state index in [0.717, 1.165) is 24.3 Å². The van der Waals surface area contributed by atoms with E-state index in [1.807, 2.05) is 22.6 Å². The highest BCUT2D eigenvalue weighted by atomic mass is 127. The maximum absolute atomic E-state index is 12.5. The van der Waals surface area contributed by atoms with Crippen molar-refractivity contribution in [3.05, 3.63) is 51.6 Å². The molecule has 0 aliphatic carbocycles. The standard InChI is InChI=1S/C14H11F3INO3S/c1-22-13-7-6-11(8-12(13)18)23(20,21)19-10-4-2-9(3-5-10)14(15,16)17/h2-8,19H,1H3. The van der Waals surface area contributed by atoms with Gasteiger partial charge in [-0.3, -0.25) is 4.72 Å². The molecule has 2 aromatic carbocycles. The number of halogens is 4. The van der Waals surface area contributed by atoms with Gasteiger partial charge in [0.15, 0.2) is 0 Å². The van der Waals surface area contributed by atoms with E-state index < -0.39 is 21.8 Å². The van der Waals surface area contributed by atoms with Crippen molar-refractivity contribution in [1.29, 1.82) is 0 Å². The minimum absolute atomic E-state index is 0.0115. The van der Waals surface area contributed by atoms with Gasteiger partial charge in [0.25, 0.3) is 10.0 Å². The summed E-state index contributed by atoms with van der Waals surface area (Å²) in [7, 11) is -2.44. The van der Waals surface area contributed by atoms with E-state index in [1.165, 1.54) is 25.3 Å². The molecule has 2 rings (SSSR count). The molecule has 0 aliphatic rings. The third kappa shape index (κ3) is 4.28. The fourth-order valence-corrected chi connectivity index (χ4v) is 3.79.